The molecule has 1 saturated carbocycles. The average Bonchev–Trinajstić information content (AvgIpc) is 2.32. The summed E-state index contributed by atoms with van der Waals surface area (Å²) < 4.78 is 10.1. The molecule has 1 aliphatic carbocycles. The molecule has 0 radical (unpaired) electrons. The minimum Gasteiger partial charge on any atom is -0.495 e. The topological polar surface area (TPSA) is 48.4 Å². The summed E-state index contributed by atoms with van der Waals surface area (Å²) in [4.78, 5) is 15.9. The third kappa shape index (κ3) is 2.34. The first-order valence-corrected chi connectivity index (χ1v) is 6.06. The predicted molar refractivity (Wildman–Crippen MR) is 68.4 cm³/mol. The van der Waals surface area contributed by atoms with Crippen molar-refractivity contribution in [2.24, 2.45) is 0 Å². The van der Waals surface area contributed by atoms with Crippen molar-refractivity contribution in [3.63, 3.8) is 0 Å². The lowest BCUT2D eigenvalue weighted by molar-refractivity contribution is 0.0599. The normalized spacial score (nSPS) is 13.8. The molecule has 0 saturated heterocycles. The van der Waals surface area contributed by atoms with E-state index in [2.05, 4.69) is 4.98 Å². The third-order valence-corrected chi connectivity index (χ3v) is 3.17. The van der Waals surface area contributed by atoms with Crippen LogP contribution in [0.4, 0.5) is 0 Å². The number of aromatic nitrogens is 1. The van der Waals surface area contributed by atoms with Crippen LogP contribution in [0.25, 0.3) is 5.76 Å². The highest BCUT2D eigenvalue weighted by Gasteiger charge is 2.23. The number of carbonyl (C=O) groups is 1. The zero-order valence-electron chi connectivity index (χ0n) is 10.3. The van der Waals surface area contributed by atoms with Gasteiger partial charge < -0.3 is 9.47 Å². The SMILES string of the molecule is COC(=O)c1ccc(Cl)nc1C(OC)=C1CCC1. The van der Waals surface area contributed by atoms with Gasteiger partial charge in [0.15, 0.2) is 0 Å². The molecule has 0 unspecified atom stereocenters. The number of carbonyl (C=O) groups excluding carboxylic acids is 1. The summed E-state index contributed by atoms with van der Waals surface area (Å²) in [5, 5.41) is 0.326. The van der Waals surface area contributed by atoms with Gasteiger partial charge in [0.1, 0.15) is 16.6 Å². The Bertz CT molecular complexity index is 505. The third-order valence-electron chi connectivity index (χ3n) is 2.96. The molecule has 0 aliphatic heterocycles. The molecule has 4 nitrogen and oxygen atoms in total. The number of methoxy groups -OCH3 is 2. The van der Waals surface area contributed by atoms with Gasteiger partial charge in [-0.2, -0.15) is 0 Å². The number of nitrogens with zero attached hydrogens (tertiary/aromatic N) is 1. The summed E-state index contributed by atoms with van der Waals surface area (Å²) in [5.41, 5.74) is 2.00. The minimum atomic E-state index is -0.441. The first kappa shape index (κ1) is 12.9. The molecule has 1 fully saturated rings. The highest BCUT2D eigenvalue weighted by Crippen LogP contribution is 2.34. The summed E-state index contributed by atoms with van der Waals surface area (Å²) in [5.74, 6) is 0.202. The van der Waals surface area contributed by atoms with Gasteiger partial charge >= 0.3 is 5.97 Å². The standard InChI is InChI=1S/C13H14ClNO3/c1-17-12(8-4-3-5-8)11-9(13(16)18-2)6-7-10(14)15-11/h6-7H,3-5H2,1-2H3. The molecule has 0 spiro atoms. The fraction of sp³-hybridized carbons (Fsp3) is 0.385. The average molecular weight is 268 g/mol. The van der Waals surface area contributed by atoms with E-state index in [0.717, 1.165) is 24.8 Å². The smallest absolute Gasteiger partial charge is 0.340 e. The van der Waals surface area contributed by atoms with Crippen LogP contribution in [0.1, 0.15) is 35.3 Å². The Kier molecular flexibility index (Phi) is 3.87. The van der Waals surface area contributed by atoms with Gasteiger partial charge in [-0.15, -0.1) is 0 Å². The molecule has 1 aromatic heterocycles. The highest BCUT2D eigenvalue weighted by atomic mass is 35.5. The number of pyridine rings is 1. The maximum Gasteiger partial charge on any atom is 0.340 e. The van der Waals surface area contributed by atoms with E-state index in [-0.39, 0.29) is 0 Å². The molecular weight excluding hydrogens is 254 g/mol. The molecule has 2 rings (SSSR count). The maximum atomic E-state index is 11.7. The van der Waals surface area contributed by atoms with Crippen molar-refractivity contribution in [1.29, 1.82) is 0 Å². The lowest BCUT2D eigenvalue weighted by Gasteiger charge is -2.21. The van der Waals surface area contributed by atoms with E-state index in [1.54, 1.807) is 19.2 Å². The van der Waals surface area contributed by atoms with Crippen LogP contribution in [-0.2, 0) is 9.47 Å². The summed E-state index contributed by atoms with van der Waals surface area (Å²) in [6.07, 6.45) is 3.08. The van der Waals surface area contributed by atoms with Gasteiger partial charge in [-0.1, -0.05) is 11.6 Å². The second-order valence-corrected chi connectivity index (χ2v) is 4.40. The quantitative estimate of drug-likeness (QED) is 0.480. The fourth-order valence-electron chi connectivity index (χ4n) is 1.87. The molecule has 1 aromatic rings. The van der Waals surface area contributed by atoms with Crippen LogP contribution in [0, 0.1) is 0 Å². The second-order valence-electron chi connectivity index (χ2n) is 4.01. The molecule has 0 aromatic carbocycles. The van der Waals surface area contributed by atoms with Crippen LogP contribution >= 0.6 is 11.6 Å². The fourth-order valence-corrected chi connectivity index (χ4v) is 2.02. The molecule has 0 atom stereocenters. The Morgan fingerprint density at radius 1 is 1.28 bits per heavy atom. The van der Waals surface area contributed by atoms with Crippen LogP contribution in [0.5, 0.6) is 0 Å². The first-order valence-electron chi connectivity index (χ1n) is 5.68. The Balaban J connectivity index is 2.53. The second kappa shape index (κ2) is 5.40. The lowest BCUT2D eigenvalue weighted by Crippen LogP contribution is -2.11. The van der Waals surface area contributed by atoms with Gasteiger partial charge in [0.2, 0.25) is 0 Å². The number of rotatable bonds is 3. The van der Waals surface area contributed by atoms with Crippen molar-refractivity contribution in [3.05, 3.63) is 34.1 Å². The molecule has 0 bridgehead atoms. The number of allylic oxidation sites excluding steroid dienone is 1. The van der Waals surface area contributed by atoms with Gasteiger partial charge in [0, 0.05) is 0 Å². The van der Waals surface area contributed by atoms with Crippen LogP contribution in [0.15, 0.2) is 17.7 Å². The summed E-state index contributed by atoms with van der Waals surface area (Å²) >= 11 is 5.89. The first-order chi connectivity index (χ1) is 8.67. The van der Waals surface area contributed by atoms with Crippen molar-refractivity contribution in [3.8, 4) is 0 Å². The zero-order chi connectivity index (χ0) is 13.1. The zero-order valence-corrected chi connectivity index (χ0v) is 11.1. The molecule has 1 aliphatic rings. The number of esters is 1. The maximum absolute atomic E-state index is 11.7. The molecule has 0 amide bonds. The molecule has 5 heteroatoms. The molecule has 1 heterocycles. The van der Waals surface area contributed by atoms with Crippen molar-refractivity contribution < 1.29 is 14.3 Å². The number of hydrogen-bond donors (Lipinski definition) is 0. The predicted octanol–water partition coefficient (Wildman–Crippen LogP) is 3.06. The van der Waals surface area contributed by atoms with Crippen LogP contribution in [0.3, 0.4) is 0 Å². The summed E-state index contributed by atoms with van der Waals surface area (Å²) in [6.45, 7) is 0. The van der Waals surface area contributed by atoms with E-state index in [1.807, 2.05) is 0 Å². The highest BCUT2D eigenvalue weighted by molar-refractivity contribution is 6.29. The Hall–Kier alpha value is -1.55. The van der Waals surface area contributed by atoms with E-state index >= 15 is 0 Å². The van der Waals surface area contributed by atoms with Gasteiger partial charge in [-0.25, -0.2) is 9.78 Å². The lowest BCUT2D eigenvalue weighted by atomic mass is 9.89. The molecule has 0 N–H and O–H groups in total. The minimum absolute atomic E-state index is 0.326. The van der Waals surface area contributed by atoms with E-state index < -0.39 is 5.97 Å². The summed E-state index contributed by atoms with van der Waals surface area (Å²) in [6, 6.07) is 3.17. The largest absolute Gasteiger partial charge is 0.495 e. The Morgan fingerprint density at radius 3 is 2.50 bits per heavy atom. The monoisotopic (exact) mass is 267 g/mol. The van der Waals surface area contributed by atoms with Gasteiger partial charge in [-0.3, -0.25) is 0 Å². The van der Waals surface area contributed by atoms with Crippen LogP contribution in [0.2, 0.25) is 5.15 Å². The van der Waals surface area contributed by atoms with E-state index in [4.69, 9.17) is 21.1 Å². The van der Waals surface area contributed by atoms with Crippen molar-refractivity contribution in [1.82, 2.24) is 4.98 Å². The number of halogens is 1. The number of hydrogen-bond acceptors (Lipinski definition) is 4. The van der Waals surface area contributed by atoms with Crippen molar-refractivity contribution in [2.75, 3.05) is 14.2 Å². The molecule has 18 heavy (non-hydrogen) atoms. The van der Waals surface area contributed by atoms with Gasteiger partial charge in [-0.05, 0) is 37.0 Å². The van der Waals surface area contributed by atoms with Crippen molar-refractivity contribution in [2.45, 2.75) is 19.3 Å². The Morgan fingerprint density at radius 2 is 2.00 bits per heavy atom. The van der Waals surface area contributed by atoms with Gasteiger partial charge in [0.05, 0.1) is 19.8 Å². The van der Waals surface area contributed by atoms with E-state index in [1.165, 1.54) is 7.11 Å². The van der Waals surface area contributed by atoms with Crippen molar-refractivity contribution >= 4 is 23.3 Å². The van der Waals surface area contributed by atoms with Crippen LogP contribution < -0.4 is 0 Å². The Labute approximate surface area is 111 Å². The summed E-state index contributed by atoms with van der Waals surface area (Å²) in [7, 11) is 2.91. The van der Waals surface area contributed by atoms with E-state index in [0.29, 0.717) is 22.2 Å². The van der Waals surface area contributed by atoms with Gasteiger partial charge in [0.25, 0.3) is 0 Å². The molecular formula is C13H14ClNO3. The molecule has 96 valence electrons. The van der Waals surface area contributed by atoms with E-state index in [9.17, 15) is 4.79 Å². The number of ether oxygens (including phenoxy) is 2. The van der Waals surface area contributed by atoms with Crippen LogP contribution in [-0.4, -0.2) is 25.2 Å².